The van der Waals surface area contributed by atoms with Gasteiger partial charge in [0.2, 0.25) is 5.91 Å². The van der Waals surface area contributed by atoms with E-state index in [9.17, 15) is 9.59 Å². The number of nitrogens with zero attached hydrogens (tertiary/aromatic N) is 1. The molecule has 1 unspecified atom stereocenters. The van der Waals surface area contributed by atoms with Crippen LogP contribution in [0.4, 0.5) is 5.69 Å². The summed E-state index contributed by atoms with van der Waals surface area (Å²) in [5.74, 6) is -0.104. The molecule has 144 valence electrons. The first-order valence-corrected chi connectivity index (χ1v) is 9.91. The number of carbonyl (C=O) groups excluding carboxylic acids is 2. The van der Waals surface area contributed by atoms with Gasteiger partial charge in [0.1, 0.15) is 0 Å². The molecule has 2 heterocycles. The number of hydrogen-bond donors (Lipinski definition) is 2. The van der Waals surface area contributed by atoms with E-state index >= 15 is 0 Å². The van der Waals surface area contributed by atoms with Gasteiger partial charge in [0.25, 0.3) is 5.91 Å². The van der Waals surface area contributed by atoms with Crippen molar-refractivity contribution in [2.24, 2.45) is 5.92 Å². The van der Waals surface area contributed by atoms with Crippen molar-refractivity contribution in [3.63, 3.8) is 0 Å². The maximum Gasteiger partial charge on any atom is 0.287 e. The molecule has 2 amide bonds. The molecule has 27 heavy (non-hydrogen) atoms. The molecule has 8 heteroatoms. The molecule has 6 nitrogen and oxygen atoms in total. The first kappa shape index (κ1) is 19.8. The number of nitrogens with one attached hydrogen (secondary N) is 2. The van der Waals surface area contributed by atoms with Crippen LogP contribution in [-0.2, 0) is 4.79 Å². The van der Waals surface area contributed by atoms with Crippen LogP contribution in [0.1, 0.15) is 22.5 Å². The first-order valence-electron chi connectivity index (χ1n) is 8.73. The van der Waals surface area contributed by atoms with Gasteiger partial charge in [-0.15, -0.1) is 0 Å². The summed E-state index contributed by atoms with van der Waals surface area (Å²) in [6, 6.07) is 9.07. The van der Waals surface area contributed by atoms with E-state index in [1.807, 2.05) is 18.2 Å². The fourth-order valence-electron chi connectivity index (χ4n) is 3.15. The second-order valence-electron chi connectivity index (χ2n) is 6.62. The highest BCUT2D eigenvalue weighted by molar-refractivity contribution is 9.10. The maximum atomic E-state index is 12.0. The average molecular weight is 455 g/mol. The van der Waals surface area contributed by atoms with Crippen molar-refractivity contribution >= 4 is 45.0 Å². The fourth-order valence-corrected chi connectivity index (χ4v) is 3.62. The van der Waals surface area contributed by atoms with Crippen LogP contribution < -0.4 is 15.5 Å². The molecule has 1 aromatic carbocycles. The molecule has 1 fully saturated rings. The highest BCUT2D eigenvalue weighted by Crippen LogP contribution is 2.29. The first-order chi connectivity index (χ1) is 12.9. The summed E-state index contributed by atoms with van der Waals surface area (Å²) in [5.41, 5.74) is 2.34. The quantitative estimate of drug-likeness (QED) is 0.702. The molecule has 0 spiro atoms. The van der Waals surface area contributed by atoms with E-state index < -0.39 is 5.91 Å². The Kier molecular flexibility index (Phi) is 6.44. The van der Waals surface area contributed by atoms with E-state index in [4.69, 9.17) is 16.0 Å². The van der Waals surface area contributed by atoms with Crippen LogP contribution >= 0.6 is 27.5 Å². The summed E-state index contributed by atoms with van der Waals surface area (Å²) in [6.07, 6.45) is 0.999. The van der Waals surface area contributed by atoms with Crippen molar-refractivity contribution < 1.29 is 14.0 Å². The van der Waals surface area contributed by atoms with Gasteiger partial charge in [0.05, 0.1) is 6.54 Å². The van der Waals surface area contributed by atoms with E-state index in [0.717, 1.165) is 30.2 Å². The van der Waals surface area contributed by atoms with Gasteiger partial charge >= 0.3 is 0 Å². The van der Waals surface area contributed by atoms with Gasteiger partial charge in [-0.1, -0.05) is 17.7 Å². The van der Waals surface area contributed by atoms with Gasteiger partial charge in [-0.2, -0.15) is 0 Å². The normalized spacial score (nSPS) is 16.4. The molecule has 2 aromatic rings. The second-order valence-corrected chi connectivity index (χ2v) is 7.84. The molecule has 2 N–H and O–H groups in total. The summed E-state index contributed by atoms with van der Waals surface area (Å²) in [4.78, 5) is 26.2. The van der Waals surface area contributed by atoms with E-state index in [-0.39, 0.29) is 18.2 Å². The molecular formula is C19H21BrClN3O3. The summed E-state index contributed by atoms with van der Waals surface area (Å²) >= 11 is 9.25. The Morgan fingerprint density at radius 3 is 2.85 bits per heavy atom. The average Bonchev–Trinajstić information content (AvgIpc) is 3.29. The monoisotopic (exact) mass is 453 g/mol. The van der Waals surface area contributed by atoms with E-state index in [1.54, 1.807) is 12.1 Å². The predicted molar refractivity (Wildman–Crippen MR) is 108 cm³/mol. The largest absolute Gasteiger partial charge is 0.444 e. The molecule has 0 radical (unpaired) electrons. The molecular weight excluding hydrogens is 434 g/mol. The standard InChI is InChI=1S/C19H21BrClN3O3/c1-12-2-3-14(21)8-15(12)24-7-6-13(11-24)9-22-18(25)10-23-19(26)16-4-5-17(20)27-16/h2-5,8,13H,6-7,9-11H2,1H3,(H,22,25)(H,23,26). The van der Waals surface area contributed by atoms with Crippen LogP contribution in [0.3, 0.4) is 0 Å². The van der Waals surface area contributed by atoms with Crippen molar-refractivity contribution in [3.05, 3.63) is 51.3 Å². The molecule has 1 aliphatic rings. The van der Waals surface area contributed by atoms with Crippen molar-refractivity contribution in [3.8, 4) is 0 Å². The third-order valence-corrected chi connectivity index (χ3v) is 5.25. The topological polar surface area (TPSA) is 74.6 Å². The van der Waals surface area contributed by atoms with Crippen molar-refractivity contribution in [1.82, 2.24) is 10.6 Å². The van der Waals surface area contributed by atoms with Crippen LogP contribution in [0.15, 0.2) is 39.4 Å². The Hall–Kier alpha value is -1.99. The SMILES string of the molecule is Cc1ccc(Cl)cc1N1CCC(CNC(=O)CNC(=O)c2ccc(Br)o2)C1. The third kappa shape index (κ3) is 5.26. The zero-order valence-electron chi connectivity index (χ0n) is 14.9. The number of carbonyl (C=O) groups is 2. The third-order valence-electron chi connectivity index (χ3n) is 4.59. The zero-order valence-corrected chi connectivity index (χ0v) is 17.3. The van der Waals surface area contributed by atoms with E-state index in [1.165, 1.54) is 5.56 Å². The molecule has 1 aliphatic heterocycles. The van der Waals surface area contributed by atoms with Crippen LogP contribution in [-0.4, -0.2) is 38.0 Å². The molecule has 0 saturated carbocycles. The molecule has 3 rings (SSSR count). The summed E-state index contributed by atoms with van der Waals surface area (Å²) in [7, 11) is 0. The molecule has 0 aliphatic carbocycles. The minimum absolute atomic E-state index is 0.0824. The number of hydrogen-bond acceptors (Lipinski definition) is 4. The van der Waals surface area contributed by atoms with Crippen LogP contribution in [0.5, 0.6) is 0 Å². The summed E-state index contributed by atoms with van der Waals surface area (Å²) in [5, 5.41) is 6.16. The lowest BCUT2D eigenvalue weighted by Gasteiger charge is -2.21. The number of aryl methyl sites for hydroxylation is 1. The number of furan rings is 1. The summed E-state index contributed by atoms with van der Waals surface area (Å²) in [6.45, 7) is 4.37. The van der Waals surface area contributed by atoms with Crippen LogP contribution in [0.25, 0.3) is 0 Å². The minimum Gasteiger partial charge on any atom is -0.444 e. The molecule has 0 bridgehead atoms. The summed E-state index contributed by atoms with van der Waals surface area (Å²) < 4.78 is 5.62. The van der Waals surface area contributed by atoms with Crippen molar-refractivity contribution in [2.45, 2.75) is 13.3 Å². The highest BCUT2D eigenvalue weighted by atomic mass is 79.9. The van der Waals surface area contributed by atoms with Crippen LogP contribution in [0.2, 0.25) is 5.02 Å². The van der Waals surface area contributed by atoms with Gasteiger partial charge in [-0.3, -0.25) is 9.59 Å². The van der Waals surface area contributed by atoms with Crippen molar-refractivity contribution in [2.75, 3.05) is 31.1 Å². The Morgan fingerprint density at radius 2 is 2.11 bits per heavy atom. The highest BCUT2D eigenvalue weighted by Gasteiger charge is 2.24. The Labute approximate surface area is 171 Å². The van der Waals surface area contributed by atoms with Gasteiger partial charge in [-0.25, -0.2) is 0 Å². The van der Waals surface area contributed by atoms with Crippen LogP contribution in [0, 0.1) is 12.8 Å². The zero-order chi connectivity index (χ0) is 19.4. The Morgan fingerprint density at radius 1 is 1.30 bits per heavy atom. The number of halogens is 2. The smallest absolute Gasteiger partial charge is 0.287 e. The molecule has 1 saturated heterocycles. The lowest BCUT2D eigenvalue weighted by Crippen LogP contribution is -2.39. The van der Waals surface area contributed by atoms with Gasteiger partial charge in [-0.05, 0) is 65.0 Å². The number of amides is 2. The second kappa shape index (κ2) is 8.80. The van der Waals surface area contributed by atoms with E-state index in [0.29, 0.717) is 17.1 Å². The Bertz CT molecular complexity index is 839. The van der Waals surface area contributed by atoms with Gasteiger partial charge in [0.15, 0.2) is 10.4 Å². The lowest BCUT2D eigenvalue weighted by atomic mass is 10.1. The lowest BCUT2D eigenvalue weighted by molar-refractivity contribution is -0.120. The number of anilines is 1. The predicted octanol–water partition coefficient (Wildman–Crippen LogP) is 3.38. The minimum atomic E-state index is -0.417. The van der Waals surface area contributed by atoms with Gasteiger partial charge < -0.3 is 20.0 Å². The number of benzene rings is 1. The van der Waals surface area contributed by atoms with Crippen molar-refractivity contribution in [1.29, 1.82) is 0 Å². The van der Waals surface area contributed by atoms with Gasteiger partial charge in [0, 0.05) is 30.3 Å². The fraction of sp³-hybridized carbons (Fsp3) is 0.368. The molecule has 1 atom stereocenters. The maximum absolute atomic E-state index is 12.0. The van der Waals surface area contributed by atoms with E-state index in [2.05, 4.69) is 38.4 Å². The Balaban J connectivity index is 1.42. The number of rotatable bonds is 6. The molecule has 1 aromatic heterocycles.